The summed E-state index contributed by atoms with van der Waals surface area (Å²) >= 11 is 0. The van der Waals surface area contributed by atoms with Gasteiger partial charge in [-0.25, -0.2) is 0 Å². The molecular formula is C18H24O5. The van der Waals surface area contributed by atoms with Crippen LogP contribution >= 0.6 is 0 Å². The first-order valence-corrected chi connectivity index (χ1v) is 7.47. The number of aliphatic hydroxyl groups excluding tert-OH is 1. The van der Waals surface area contributed by atoms with E-state index >= 15 is 0 Å². The number of Topliss-reactive ketones (excluding diaryl/α,β-unsaturated/α-hetero) is 1. The smallest absolute Gasteiger partial charge is 0.195 e. The molecule has 1 aromatic rings. The first-order chi connectivity index (χ1) is 10.8. The molecule has 126 valence electrons. The molecule has 0 aliphatic rings. The van der Waals surface area contributed by atoms with Gasteiger partial charge in [0, 0.05) is 12.1 Å². The lowest BCUT2D eigenvalue weighted by Crippen LogP contribution is -2.08. The zero-order chi connectivity index (χ0) is 17.4. The maximum Gasteiger partial charge on any atom is 0.195 e. The van der Waals surface area contributed by atoms with E-state index in [1.165, 1.54) is 11.6 Å². The first kappa shape index (κ1) is 18.8. The highest BCUT2D eigenvalue weighted by Crippen LogP contribution is 2.33. The highest BCUT2D eigenvalue weighted by atomic mass is 16.5. The van der Waals surface area contributed by atoms with Crippen molar-refractivity contribution in [2.75, 3.05) is 13.2 Å². The van der Waals surface area contributed by atoms with Crippen LogP contribution < -0.4 is 4.74 Å². The summed E-state index contributed by atoms with van der Waals surface area (Å²) in [6.07, 6.45) is 5.89. The van der Waals surface area contributed by atoms with Crippen LogP contribution in [0.5, 0.6) is 17.2 Å². The molecule has 0 spiro atoms. The summed E-state index contributed by atoms with van der Waals surface area (Å²) < 4.78 is 5.48. The highest BCUT2D eigenvalue weighted by Gasteiger charge is 2.18. The Kier molecular flexibility index (Phi) is 7.35. The summed E-state index contributed by atoms with van der Waals surface area (Å²) in [5, 5.41) is 28.2. The van der Waals surface area contributed by atoms with Gasteiger partial charge in [0.25, 0.3) is 0 Å². The SMILES string of the molecule is CC(C)=CCC/C(C)=C/COc1cc(O)cc(O)c1C(=O)CO. The minimum atomic E-state index is -0.744. The van der Waals surface area contributed by atoms with E-state index in [1.807, 2.05) is 13.0 Å². The Morgan fingerprint density at radius 2 is 1.87 bits per heavy atom. The van der Waals surface area contributed by atoms with E-state index in [9.17, 15) is 15.0 Å². The van der Waals surface area contributed by atoms with Gasteiger partial charge < -0.3 is 20.1 Å². The minimum Gasteiger partial charge on any atom is -0.508 e. The van der Waals surface area contributed by atoms with Gasteiger partial charge in [-0.2, -0.15) is 0 Å². The molecule has 0 saturated heterocycles. The molecule has 0 saturated carbocycles. The van der Waals surface area contributed by atoms with E-state index in [2.05, 4.69) is 19.9 Å². The molecule has 3 N–H and O–H groups in total. The average Bonchev–Trinajstić information content (AvgIpc) is 2.45. The summed E-state index contributed by atoms with van der Waals surface area (Å²) in [7, 11) is 0. The van der Waals surface area contributed by atoms with Crippen molar-refractivity contribution in [2.45, 2.75) is 33.6 Å². The van der Waals surface area contributed by atoms with E-state index < -0.39 is 18.1 Å². The van der Waals surface area contributed by atoms with E-state index in [0.29, 0.717) is 0 Å². The predicted molar refractivity (Wildman–Crippen MR) is 89.1 cm³/mol. The summed E-state index contributed by atoms with van der Waals surface area (Å²) in [5.41, 5.74) is 2.29. The Bertz CT molecular complexity index is 610. The van der Waals surface area contributed by atoms with E-state index in [1.54, 1.807) is 0 Å². The van der Waals surface area contributed by atoms with Crippen molar-refractivity contribution < 1.29 is 24.9 Å². The maximum absolute atomic E-state index is 11.7. The first-order valence-electron chi connectivity index (χ1n) is 7.47. The lowest BCUT2D eigenvalue weighted by molar-refractivity contribution is 0.0897. The van der Waals surface area contributed by atoms with Crippen LogP contribution in [0.4, 0.5) is 0 Å². The summed E-state index contributed by atoms with van der Waals surface area (Å²) in [4.78, 5) is 11.7. The molecule has 0 fully saturated rings. The maximum atomic E-state index is 11.7. The van der Waals surface area contributed by atoms with Crippen molar-refractivity contribution in [3.63, 3.8) is 0 Å². The second-order valence-electron chi connectivity index (χ2n) is 5.60. The zero-order valence-electron chi connectivity index (χ0n) is 13.8. The fourth-order valence-electron chi connectivity index (χ4n) is 2.02. The number of ether oxygens (including phenoxy) is 1. The highest BCUT2D eigenvalue weighted by molar-refractivity contribution is 6.02. The number of ketones is 1. The number of allylic oxidation sites excluding steroid dienone is 3. The molecule has 0 bridgehead atoms. The zero-order valence-corrected chi connectivity index (χ0v) is 13.8. The van der Waals surface area contributed by atoms with Crippen LogP contribution in [-0.2, 0) is 0 Å². The molecule has 0 radical (unpaired) electrons. The van der Waals surface area contributed by atoms with Crippen LogP contribution in [-0.4, -0.2) is 34.3 Å². The van der Waals surface area contributed by atoms with Gasteiger partial charge in [0.2, 0.25) is 0 Å². The van der Waals surface area contributed by atoms with Crippen LogP contribution in [0.2, 0.25) is 0 Å². The molecule has 0 aromatic heterocycles. The van der Waals surface area contributed by atoms with Gasteiger partial charge in [0.05, 0.1) is 0 Å². The number of aliphatic hydroxyl groups is 1. The van der Waals surface area contributed by atoms with Crippen LogP contribution in [0.3, 0.4) is 0 Å². The summed E-state index contributed by atoms with van der Waals surface area (Å²) in [6, 6.07) is 2.28. The van der Waals surface area contributed by atoms with Crippen molar-refractivity contribution in [2.24, 2.45) is 0 Å². The Morgan fingerprint density at radius 3 is 2.48 bits per heavy atom. The number of phenols is 2. The van der Waals surface area contributed by atoms with Crippen molar-refractivity contribution in [1.29, 1.82) is 0 Å². The summed E-state index contributed by atoms with van der Waals surface area (Å²) in [6.45, 7) is 5.55. The van der Waals surface area contributed by atoms with Gasteiger partial charge in [-0.15, -0.1) is 0 Å². The van der Waals surface area contributed by atoms with E-state index in [4.69, 9.17) is 9.84 Å². The topological polar surface area (TPSA) is 87.0 Å². The summed E-state index contributed by atoms with van der Waals surface area (Å²) in [5.74, 6) is -1.24. The molecule has 1 rings (SSSR count). The monoisotopic (exact) mass is 320 g/mol. The van der Waals surface area contributed by atoms with Crippen molar-refractivity contribution >= 4 is 5.78 Å². The molecule has 0 aliphatic carbocycles. The third-order valence-corrected chi connectivity index (χ3v) is 3.25. The molecule has 0 unspecified atom stereocenters. The van der Waals surface area contributed by atoms with E-state index in [0.717, 1.165) is 24.5 Å². The molecule has 5 heteroatoms. The third-order valence-electron chi connectivity index (χ3n) is 3.25. The number of hydrogen-bond donors (Lipinski definition) is 3. The fourth-order valence-corrected chi connectivity index (χ4v) is 2.02. The lowest BCUT2D eigenvalue weighted by atomic mass is 10.1. The Morgan fingerprint density at radius 1 is 1.17 bits per heavy atom. The Hall–Kier alpha value is -2.27. The lowest BCUT2D eigenvalue weighted by Gasteiger charge is -2.11. The van der Waals surface area contributed by atoms with Gasteiger partial charge in [-0.05, 0) is 39.7 Å². The van der Waals surface area contributed by atoms with Gasteiger partial charge in [-0.3, -0.25) is 4.79 Å². The van der Waals surface area contributed by atoms with Crippen LogP contribution in [0, 0.1) is 0 Å². The predicted octanol–water partition coefficient (Wildman–Crippen LogP) is 3.34. The number of phenolic OH excluding ortho intramolecular Hbond substituents is 2. The molecule has 1 aromatic carbocycles. The quantitative estimate of drug-likeness (QED) is 0.505. The van der Waals surface area contributed by atoms with Gasteiger partial charge in [0.1, 0.15) is 36.0 Å². The number of carbonyl (C=O) groups is 1. The largest absolute Gasteiger partial charge is 0.508 e. The number of benzene rings is 1. The number of hydrogen-bond acceptors (Lipinski definition) is 5. The molecular weight excluding hydrogens is 296 g/mol. The number of aromatic hydroxyl groups is 2. The molecule has 0 amide bonds. The normalized spacial score (nSPS) is 11.2. The second-order valence-corrected chi connectivity index (χ2v) is 5.60. The van der Waals surface area contributed by atoms with Gasteiger partial charge >= 0.3 is 0 Å². The average molecular weight is 320 g/mol. The molecule has 0 aliphatic heterocycles. The second kappa shape index (κ2) is 9.00. The van der Waals surface area contributed by atoms with Gasteiger partial charge in [0.15, 0.2) is 5.78 Å². The molecule has 23 heavy (non-hydrogen) atoms. The van der Waals surface area contributed by atoms with Gasteiger partial charge in [-0.1, -0.05) is 17.2 Å². The van der Waals surface area contributed by atoms with Crippen molar-refractivity contribution in [1.82, 2.24) is 0 Å². The van der Waals surface area contributed by atoms with E-state index in [-0.39, 0.29) is 23.7 Å². The molecule has 0 atom stereocenters. The number of rotatable bonds is 8. The number of carbonyl (C=O) groups excluding carboxylic acids is 1. The minimum absolute atomic E-state index is 0.0508. The van der Waals surface area contributed by atoms with Crippen LogP contribution in [0.25, 0.3) is 0 Å². The molecule has 0 heterocycles. The van der Waals surface area contributed by atoms with Crippen LogP contribution in [0.15, 0.2) is 35.4 Å². The Balaban J connectivity index is 2.77. The third kappa shape index (κ3) is 6.16. The van der Waals surface area contributed by atoms with Crippen molar-refractivity contribution in [3.8, 4) is 17.2 Å². The van der Waals surface area contributed by atoms with Crippen molar-refractivity contribution in [3.05, 3.63) is 41.0 Å². The fraction of sp³-hybridized carbons (Fsp3) is 0.389. The molecule has 5 nitrogen and oxygen atoms in total. The Labute approximate surface area is 136 Å². The van der Waals surface area contributed by atoms with Crippen LogP contribution in [0.1, 0.15) is 44.0 Å². The standard InChI is InChI=1S/C18H24O5/c1-12(2)5-4-6-13(3)7-8-23-17-10-14(20)9-15(21)18(17)16(22)11-19/h5,7,9-10,19-21H,4,6,8,11H2,1-3H3/b13-7+.